The van der Waals surface area contributed by atoms with E-state index >= 15 is 0 Å². The highest BCUT2D eigenvalue weighted by molar-refractivity contribution is 5.80. The van der Waals surface area contributed by atoms with Crippen LogP contribution in [-0.2, 0) is 0 Å². The predicted molar refractivity (Wildman–Crippen MR) is 64.4 cm³/mol. The minimum Gasteiger partial charge on any atom is -0.356 e. The van der Waals surface area contributed by atoms with E-state index < -0.39 is 5.92 Å². The summed E-state index contributed by atoms with van der Waals surface area (Å²) in [5.41, 5.74) is 0. The smallest absolute Gasteiger partial charge is 0.248 e. The first-order valence-corrected chi connectivity index (χ1v) is 6.44. The van der Waals surface area contributed by atoms with Gasteiger partial charge in [-0.1, -0.05) is 0 Å². The van der Waals surface area contributed by atoms with Gasteiger partial charge < -0.3 is 10.6 Å². The summed E-state index contributed by atoms with van der Waals surface area (Å²) >= 11 is 0. The van der Waals surface area contributed by atoms with Gasteiger partial charge in [-0.15, -0.1) is 0 Å². The van der Waals surface area contributed by atoms with E-state index in [9.17, 15) is 8.78 Å². The molecule has 0 aromatic heterocycles. The van der Waals surface area contributed by atoms with Gasteiger partial charge in [-0.3, -0.25) is 4.99 Å². The third kappa shape index (κ3) is 4.13. The largest absolute Gasteiger partial charge is 0.356 e. The predicted octanol–water partition coefficient (Wildman–Crippen LogP) is 2.14. The lowest BCUT2D eigenvalue weighted by Gasteiger charge is -2.29. The fourth-order valence-electron chi connectivity index (χ4n) is 2.31. The van der Waals surface area contributed by atoms with Crippen LogP contribution in [-0.4, -0.2) is 31.5 Å². The highest BCUT2D eigenvalue weighted by atomic mass is 19.3. The van der Waals surface area contributed by atoms with E-state index in [0.717, 1.165) is 12.4 Å². The summed E-state index contributed by atoms with van der Waals surface area (Å²) in [5.74, 6) is -1.64. The zero-order valence-corrected chi connectivity index (χ0v) is 10.3. The molecular formula is C12H21F2N3. The molecule has 0 radical (unpaired) electrons. The second-order valence-corrected chi connectivity index (χ2v) is 5.19. The molecule has 0 saturated heterocycles. The summed E-state index contributed by atoms with van der Waals surface area (Å²) in [4.78, 5) is 4.10. The maximum absolute atomic E-state index is 13.2. The Bertz CT molecular complexity index is 287. The average molecular weight is 245 g/mol. The molecule has 0 aliphatic heterocycles. The van der Waals surface area contributed by atoms with E-state index in [2.05, 4.69) is 15.6 Å². The first kappa shape index (κ1) is 12.6. The number of alkyl halides is 2. The van der Waals surface area contributed by atoms with Gasteiger partial charge in [0.2, 0.25) is 5.92 Å². The average Bonchev–Trinajstić information content (AvgIpc) is 3.06. The topological polar surface area (TPSA) is 36.4 Å². The van der Waals surface area contributed by atoms with Crippen LogP contribution in [0, 0.1) is 5.92 Å². The van der Waals surface area contributed by atoms with Crippen LogP contribution in [0.2, 0.25) is 0 Å². The van der Waals surface area contributed by atoms with Crippen LogP contribution >= 0.6 is 0 Å². The zero-order chi connectivity index (χ0) is 12.3. The van der Waals surface area contributed by atoms with E-state index in [0.29, 0.717) is 19.0 Å². The van der Waals surface area contributed by atoms with Gasteiger partial charge in [-0.05, 0) is 31.6 Å². The van der Waals surface area contributed by atoms with Crippen molar-refractivity contribution in [2.45, 2.75) is 50.5 Å². The molecule has 2 aliphatic rings. The number of hydrogen-bond acceptors (Lipinski definition) is 1. The van der Waals surface area contributed by atoms with Crippen molar-refractivity contribution in [3.63, 3.8) is 0 Å². The second-order valence-electron chi connectivity index (χ2n) is 5.19. The molecule has 0 aromatic carbocycles. The zero-order valence-electron chi connectivity index (χ0n) is 10.3. The highest BCUT2D eigenvalue weighted by Crippen LogP contribution is 2.36. The van der Waals surface area contributed by atoms with Crippen LogP contribution in [0.1, 0.15) is 38.5 Å². The molecule has 2 rings (SSSR count). The van der Waals surface area contributed by atoms with Crippen LogP contribution in [0.5, 0.6) is 0 Å². The minimum absolute atomic E-state index is 0.0143. The molecule has 5 heteroatoms. The maximum Gasteiger partial charge on any atom is 0.248 e. The molecule has 1 unspecified atom stereocenters. The molecule has 0 spiro atoms. The summed E-state index contributed by atoms with van der Waals surface area (Å²) in [6, 6.07) is 0.536. The molecule has 0 heterocycles. The van der Waals surface area contributed by atoms with Gasteiger partial charge in [-0.2, -0.15) is 0 Å². The van der Waals surface area contributed by atoms with Crippen molar-refractivity contribution in [1.29, 1.82) is 0 Å². The molecule has 2 saturated carbocycles. The van der Waals surface area contributed by atoms with Crippen molar-refractivity contribution >= 4 is 5.96 Å². The number of nitrogens with zero attached hydrogens (tertiary/aromatic N) is 1. The number of halogens is 2. The van der Waals surface area contributed by atoms with E-state index in [1.165, 1.54) is 12.8 Å². The third-order valence-electron chi connectivity index (χ3n) is 3.44. The van der Waals surface area contributed by atoms with Gasteiger partial charge in [0.1, 0.15) is 0 Å². The fourth-order valence-corrected chi connectivity index (χ4v) is 2.31. The Morgan fingerprint density at radius 3 is 2.71 bits per heavy atom. The van der Waals surface area contributed by atoms with Crippen LogP contribution < -0.4 is 10.6 Å². The SMILES string of the molecule is CN=C(NCC1CCCC(F)(F)C1)NC1CC1. The van der Waals surface area contributed by atoms with Gasteiger partial charge in [0.25, 0.3) is 0 Å². The van der Waals surface area contributed by atoms with Crippen molar-refractivity contribution in [2.24, 2.45) is 10.9 Å². The Morgan fingerprint density at radius 1 is 1.35 bits per heavy atom. The van der Waals surface area contributed by atoms with Gasteiger partial charge in [-0.25, -0.2) is 8.78 Å². The van der Waals surface area contributed by atoms with Crippen molar-refractivity contribution < 1.29 is 8.78 Å². The number of hydrogen-bond donors (Lipinski definition) is 2. The summed E-state index contributed by atoms with van der Waals surface area (Å²) in [5, 5.41) is 6.41. The van der Waals surface area contributed by atoms with E-state index in [1.807, 2.05) is 0 Å². The summed E-state index contributed by atoms with van der Waals surface area (Å²) in [7, 11) is 1.72. The number of aliphatic imine (C=N–C) groups is 1. The Labute approximate surface area is 101 Å². The molecule has 1 atom stereocenters. The lowest BCUT2D eigenvalue weighted by Crippen LogP contribution is -2.42. The summed E-state index contributed by atoms with van der Waals surface area (Å²) in [6.07, 6.45) is 3.96. The molecular weight excluding hydrogens is 224 g/mol. The molecule has 0 bridgehead atoms. The monoisotopic (exact) mass is 245 g/mol. The fraction of sp³-hybridized carbons (Fsp3) is 0.917. The Kier molecular flexibility index (Phi) is 3.84. The Balaban J connectivity index is 1.72. The van der Waals surface area contributed by atoms with Crippen LogP contribution in [0.15, 0.2) is 4.99 Å². The highest BCUT2D eigenvalue weighted by Gasteiger charge is 2.36. The standard InChI is InChI=1S/C12H21F2N3/c1-15-11(17-10-4-5-10)16-8-9-3-2-6-12(13,14)7-9/h9-10H,2-8H2,1H3,(H2,15,16,17). The molecule has 3 nitrogen and oxygen atoms in total. The molecule has 0 aromatic rings. The number of guanidine groups is 1. The van der Waals surface area contributed by atoms with Crippen LogP contribution in [0.3, 0.4) is 0 Å². The Hall–Kier alpha value is -0.870. The van der Waals surface area contributed by atoms with Crippen molar-refractivity contribution in [2.75, 3.05) is 13.6 Å². The van der Waals surface area contributed by atoms with Crippen molar-refractivity contribution in [1.82, 2.24) is 10.6 Å². The first-order chi connectivity index (χ1) is 8.09. The normalized spacial score (nSPS) is 28.9. The van der Waals surface area contributed by atoms with Gasteiger partial charge in [0.05, 0.1) is 0 Å². The van der Waals surface area contributed by atoms with Gasteiger partial charge in [0, 0.05) is 32.5 Å². The lowest BCUT2D eigenvalue weighted by molar-refractivity contribution is -0.0514. The molecule has 2 N–H and O–H groups in total. The van der Waals surface area contributed by atoms with Gasteiger partial charge >= 0.3 is 0 Å². The number of rotatable bonds is 3. The maximum atomic E-state index is 13.2. The van der Waals surface area contributed by atoms with Crippen molar-refractivity contribution in [3.05, 3.63) is 0 Å². The molecule has 2 aliphatic carbocycles. The summed E-state index contributed by atoms with van der Waals surface area (Å²) < 4.78 is 26.4. The van der Waals surface area contributed by atoms with Crippen LogP contribution in [0.4, 0.5) is 8.78 Å². The molecule has 0 amide bonds. The summed E-state index contributed by atoms with van der Waals surface area (Å²) in [6.45, 7) is 0.599. The molecule has 17 heavy (non-hydrogen) atoms. The Morgan fingerprint density at radius 2 is 2.12 bits per heavy atom. The lowest BCUT2D eigenvalue weighted by atomic mass is 9.86. The van der Waals surface area contributed by atoms with Crippen molar-refractivity contribution in [3.8, 4) is 0 Å². The van der Waals surface area contributed by atoms with E-state index in [-0.39, 0.29) is 18.8 Å². The van der Waals surface area contributed by atoms with E-state index in [1.54, 1.807) is 7.05 Å². The third-order valence-corrected chi connectivity index (χ3v) is 3.44. The van der Waals surface area contributed by atoms with Crippen LogP contribution in [0.25, 0.3) is 0 Å². The first-order valence-electron chi connectivity index (χ1n) is 6.44. The second kappa shape index (κ2) is 5.19. The molecule has 2 fully saturated rings. The molecule has 98 valence electrons. The quantitative estimate of drug-likeness (QED) is 0.590. The minimum atomic E-state index is -2.46. The number of nitrogens with one attached hydrogen (secondary N) is 2. The van der Waals surface area contributed by atoms with E-state index in [4.69, 9.17) is 0 Å². The van der Waals surface area contributed by atoms with Gasteiger partial charge in [0.15, 0.2) is 5.96 Å².